The van der Waals surface area contributed by atoms with E-state index in [0.29, 0.717) is 11.2 Å². The molecular formula is C24H28O. The van der Waals surface area contributed by atoms with Gasteiger partial charge < -0.3 is 5.11 Å². The molecule has 1 nitrogen and oxygen atoms in total. The summed E-state index contributed by atoms with van der Waals surface area (Å²) in [6.07, 6.45) is 7.87. The van der Waals surface area contributed by atoms with E-state index in [1.807, 2.05) is 12.1 Å². The Balaban J connectivity index is 1.48. The molecule has 1 heteroatoms. The van der Waals surface area contributed by atoms with Crippen LogP contribution in [-0.4, -0.2) is 5.11 Å². The Labute approximate surface area is 151 Å². The van der Waals surface area contributed by atoms with Crippen LogP contribution in [-0.2, 0) is 6.42 Å². The Morgan fingerprint density at radius 3 is 2.64 bits per heavy atom. The molecule has 0 bridgehead atoms. The summed E-state index contributed by atoms with van der Waals surface area (Å²) in [6.45, 7) is 2.59. The second-order valence-electron chi connectivity index (χ2n) is 8.88. The molecule has 3 aliphatic carbocycles. The van der Waals surface area contributed by atoms with Gasteiger partial charge in [-0.1, -0.05) is 43.3 Å². The van der Waals surface area contributed by atoms with Gasteiger partial charge in [0.05, 0.1) is 0 Å². The lowest BCUT2D eigenvalue weighted by Gasteiger charge is -2.51. The number of fused-ring (bicyclic) bond motifs is 5. The molecule has 0 heterocycles. The van der Waals surface area contributed by atoms with Crippen molar-refractivity contribution >= 4 is 0 Å². The predicted molar refractivity (Wildman–Crippen MR) is 102 cm³/mol. The summed E-state index contributed by atoms with van der Waals surface area (Å²) < 4.78 is 0. The van der Waals surface area contributed by atoms with Crippen molar-refractivity contribution in [3.8, 4) is 5.75 Å². The van der Waals surface area contributed by atoms with Gasteiger partial charge in [-0.25, -0.2) is 0 Å². The van der Waals surface area contributed by atoms with E-state index in [-0.39, 0.29) is 0 Å². The minimum atomic E-state index is 0.433. The van der Waals surface area contributed by atoms with Crippen LogP contribution in [0.15, 0.2) is 48.5 Å². The summed E-state index contributed by atoms with van der Waals surface area (Å²) in [5, 5.41) is 9.84. The smallest absolute Gasteiger partial charge is 0.115 e. The van der Waals surface area contributed by atoms with E-state index in [9.17, 15) is 5.11 Å². The zero-order chi connectivity index (χ0) is 17.0. The Morgan fingerprint density at radius 2 is 1.80 bits per heavy atom. The van der Waals surface area contributed by atoms with E-state index >= 15 is 0 Å². The lowest BCUT2D eigenvalue weighted by Crippen LogP contribution is -2.41. The average Bonchev–Trinajstić information content (AvgIpc) is 2.99. The maximum absolute atomic E-state index is 9.84. The van der Waals surface area contributed by atoms with Crippen LogP contribution in [0.1, 0.15) is 67.6 Å². The molecule has 5 atom stereocenters. The highest BCUT2D eigenvalue weighted by Gasteiger charge is 2.54. The number of rotatable bonds is 1. The molecule has 0 aromatic heterocycles. The van der Waals surface area contributed by atoms with E-state index in [1.54, 1.807) is 11.1 Å². The van der Waals surface area contributed by atoms with Crippen molar-refractivity contribution in [3.05, 3.63) is 65.2 Å². The Morgan fingerprint density at radius 1 is 0.960 bits per heavy atom. The van der Waals surface area contributed by atoms with Gasteiger partial charge in [0.25, 0.3) is 0 Å². The van der Waals surface area contributed by atoms with E-state index in [2.05, 4.69) is 43.3 Å². The highest BCUT2D eigenvalue weighted by molar-refractivity contribution is 5.40. The molecule has 2 fully saturated rings. The molecule has 2 saturated carbocycles. The lowest BCUT2D eigenvalue weighted by molar-refractivity contribution is 0.0482. The van der Waals surface area contributed by atoms with Crippen molar-refractivity contribution in [1.29, 1.82) is 0 Å². The minimum absolute atomic E-state index is 0.433. The monoisotopic (exact) mass is 332 g/mol. The van der Waals surface area contributed by atoms with Crippen LogP contribution in [0.2, 0.25) is 0 Å². The second-order valence-corrected chi connectivity index (χ2v) is 8.88. The van der Waals surface area contributed by atoms with E-state index in [1.165, 1.54) is 37.7 Å². The third kappa shape index (κ3) is 2.28. The van der Waals surface area contributed by atoms with Crippen LogP contribution in [0.3, 0.4) is 0 Å². The zero-order valence-corrected chi connectivity index (χ0v) is 15.1. The first kappa shape index (κ1) is 15.5. The van der Waals surface area contributed by atoms with Crippen molar-refractivity contribution in [2.45, 2.75) is 57.3 Å². The molecule has 0 unspecified atom stereocenters. The highest BCUT2D eigenvalue weighted by Crippen LogP contribution is 2.65. The van der Waals surface area contributed by atoms with Gasteiger partial charge in [-0.05, 0) is 96.4 Å². The van der Waals surface area contributed by atoms with Gasteiger partial charge in [0.1, 0.15) is 5.75 Å². The zero-order valence-electron chi connectivity index (χ0n) is 15.1. The SMILES string of the molecule is C[C@]12CC[C@@H]3c4ccc(O)cc4CC[C@H]3[C@@H]1CC[C@H]2c1ccccc1. The first-order chi connectivity index (χ1) is 12.2. The number of phenols is 1. The normalized spacial score (nSPS) is 36.4. The van der Waals surface area contributed by atoms with Gasteiger partial charge >= 0.3 is 0 Å². The van der Waals surface area contributed by atoms with Crippen LogP contribution >= 0.6 is 0 Å². The van der Waals surface area contributed by atoms with Gasteiger partial charge in [-0.15, -0.1) is 0 Å². The van der Waals surface area contributed by atoms with Crippen molar-refractivity contribution in [1.82, 2.24) is 0 Å². The fraction of sp³-hybridized carbons (Fsp3) is 0.500. The maximum atomic E-state index is 9.84. The summed E-state index contributed by atoms with van der Waals surface area (Å²) in [4.78, 5) is 0. The van der Waals surface area contributed by atoms with Crippen LogP contribution in [0, 0.1) is 17.3 Å². The standard InChI is InChI=1S/C24H28O/c1-24-14-13-20-19-10-8-18(25)15-17(19)7-9-21(20)23(24)12-11-22(24)16-5-3-2-4-6-16/h2-6,8,10,15,20-23,25H,7,9,11-14H2,1H3/t20-,21-,22+,23+,24-/m1/s1. The molecule has 2 aromatic rings. The molecule has 0 saturated heterocycles. The summed E-state index contributed by atoms with van der Waals surface area (Å²) in [5.41, 5.74) is 4.98. The Bertz CT molecular complexity index is 780. The van der Waals surface area contributed by atoms with Gasteiger partial charge in [0.15, 0.2) is 0 Å². The molecule has 5 rings (SSSR count). The van der Waals surface area contributed by atoms with Crippen LogP contribution < -0.4 is 0 Å². The number of hydrogen-bond donors (Lipinski definition) is 1. The topological polar surface area (TPSA) is 20.2 Å². The van der Waals surface area contributed by atoms with E-state index in [0.717, 1.165) is 30.1 Å². The number of aryl methyl sites for hydroxylation is 1. The van der Waals surface area contributed by atoms with Crippen molar-refractivity contribution < 1.29 is 5.11 Å². The summed E-state index contributed by atoms with van der Waals surface area (Å²) in [6, 6.07) is 17.4. The largest absolute Gasteiger partial charge is 0.508 e. The highest BCUT2D eigenvalue weighted by atomic mass is 16.3. The fourth-order valence-electron chi connectivity index (χ4n) is 6.80. The van der Waals surface area contributed by atoms with Crippen LogP contribution in [0.4, 0.5) is 0 Å². The van der Waals surface area contributed by atoms with Crippen molar-refractivity contribution in [2.75, 3.05) is 0 Å². The third-order valence-electron chi connectivity index (χ3n) is 7.91. The molecule has 2 aromatic carbocycles. The Kier molecular flexibility index (Phi) is 3.48. The molecule has 0 spiro atoms. The van der Waals surface area contributed by atoms with Crippen LogP contribution in [0.25, 0.3) is 0 Å². The first-order valence-corrected chi connectivity index (χ1v) is 10.0. The number of benzene rings is 2. The van der Waals surface area contributed by atoms with E-state index < -0.39 is 0 Å². The molecule has 0 radical (unpaired) electrons. The Hall–Kier alpha value is -1.76. The average molecular weight is 332 g/mol. The number of aromatic hydroxyl groups is 1. The molecular weight excluding hydrogens is 304 g/mol. The van der Waals surface area contributed by atoms with Crippen LogP contribution in [0.5, 0.6) is 5.75 Å². The molecule has 3 aliphatic rings. The third-order valence-corrected chi connectivity index (χ3v) is 7.91. The molecule has 25 heavy (non-hydrogen) atoms. The van der Waals surface area contributed by atoms with Crippen molar-refractivity contribution in [2.24, 2.45) is 17.3 Å². The van der Waals surface area contributed by atoms with Gasteiger partial charge in [-0.3, -0.25) is 0 Å². The fourth-order valence-corrected chi connectivity index (χ4v) is 6.80. The summed E-state index contributed by atoms with van der Waals surface area (Å²) in [5.74, 6) is 3.59. The first-order valence-electron chi connectivity index (χ1n) is 10.0. The molecule has 1 N–H and O–H groups in total. The molecule has 0 aliphatic heterocycles. The van der Waals surface area contributed by atoms with Gasteiger partial charge in [-0.2, -0.15) is 0 Å². The summed E-state index contributed by atoms with van der Waals surface area (Å²) >= 11 is 0. The number of phenolic OH excluding ortho intramolecular Hbond substituents is 1. The van der Waals surface area contributed by atoms with Gasteiger partial charge in [0, 0.05) is 0 Å². The summed E-state index contributed by atoms with van der Waals surface area (Å²) in [7, 11) is 0. The van der Waals surface area contributed by atoms with E-state index in [4.69, 9.17) is 0 Å². The van der Waals surface area contributed by atoms with Crippen molar-refractivity contribution in [3.63, 3.8) is 0 Å². The predicted octanol–water partition coefficient (Wildman–Crippen LogP) is 6.03. The molecule has 130 valence electrons. The molecule has 0 amide bonds. The quantitative estimate of drug-likeness (QED) is 0.676. The number of hydrogen-bond acceptors (Lipinski definition) is 1. The second kappa shape index (κ2) is 5.62. The maximum Gasteiger partial charge on any atom is 0.115 e. The lowest BCUT2D eigenvalue weighted by atomic mass is 9.53. The van der Waals surface area contributed by atoms with Gasteiger partial charge in [0.2, 0.25) is 0 Å². The minimum Gasteiger partial charge on any atom is -0.508 e.